The van der Waals surface area contributed by atoms with E-state index in [1.165, 1.54) is 17.0 Å². The van der Waals surface area contributed by atoms with Crippen molar-refractivity contribution in [3.8, 4) is 22.1 Å². The van der Waals surface area contributed by atoms with Crippen LogP contribution in [0.5, 0.6) is 11.5 Å². The Hall–Kier alpha value is -3.10. The number of ether oxygens (including phenoxy) is 3. The lowest BCUT2D eigenvalue weighted by Gasteiger charge is -2.29. The van der Waals surface area contributed by atoms with Gasteiger partial charge in [-0.2, -0.15) is 0 Å². The van der Waals surface area contributed by atoms with Gasteiger partial charge in [0.1, 0.15) is 10.7 Å². The molecule has 2 heterocycles. The lowest BCUT2D eigenvalue weighted by Crippen LogP contribution is -2.36. The number of carbonyl (C=O) groups excluding carboxylic acids is 1. The summed E-state index contributed by atoms with van der Waals surface area (Å²) in [5.74, 6) is 1.18. The van der Waals surface area contributed by atoms with Gasteiger partial charge >= 0.3 is 0 Å². The number of amides is 1. The second kappa shape index (κ2) is 10.0. The molecular formula is C24H27N3O4S. The average Bonchev–Trinajstić information content (AvgIpc) is 3.34. The Morgan fingerprint density at radius 2 is 1.81 bits per heavy atom. The maximum Gasteiger partial charge on any atom is 0.273 e. The fourth-order valence-electron chi connectivity index (χ4n) is 3.65. The van der Waals surface area contributed by atoms with Gasteiger partial charge < -0.3 is 24.0 Å². The van der Waals surface area contributed by atoms with E-state index in [4.69, 9.17) is 14.2 Å². The first-order valence-electron chi connectivity index (χ1n) is 10.4. The molecule has 1 aliphatic heterocycles. The number of morpholine rings is 1. The van der Waals surface area contributed by atoms with Crippen LogP contribution in [-0.2, 0) is 11.3 Å². The zero-order valence-electron chi connectivity index (χ0n) is 18.5. The third-order valence-electron chi connectivity index (χ3n) is 5.43. The zero-order valence-corrected chi connectivity index (χ0v) is 19.4. The van der Waals surface area contributed by atoms with Crippen molar-refractivity contribution >= 4 is 22.9 Å². The molecule has 0 N–H and O–H groups in total. The molecule has 0 saturated carbocycles. The first-order valence-corrected chi connectivity index (χ1v) is 11.3. The molecular weight excluding hydrogens is 426 g/mol. The smallest absolute Gasteiger partial charge is 0.273 e. The van der Waals surface area contributed by atoms with E-state index in [2.05, 4.69) is 34.1 Å². The monoisotopic (exact) mass is 453 g/mol. The summed E-state index contributed by atoms with van der Waals surface area (Å²) >= 11 is 1.43. The summed E-state index contributed by atoms with van der Waals surface area (Å²) in [6.45, 7) is 3.86. The molecule has 0 bridgehead atoms. The van der Waals surface area contributed by atoms with E-state index >= 15 is 0 Å². The maximum absolute atomic E-state index is 12.9. The van der Waals surface area contributed by atoms with Gasteiger partial charge in [-0.1, -0.05) is 12.1 Å². The highest BCUT2D eigenvalue weighted by atomic mass is 32.1. The largest absolute Gasteiger partial charge is 0.493 e. The summed E-state index contributed by atoms with van der Waals surface area (Å²) in [4.78, 5) is 21.5. The second-order valence-corrected chi connectivity index (χ2v) is 8.39. The molecule has 3 aromatic rings. The van der Waals surface area contributed by atoms with Crippen LogP contribution in [0, 0.1) is 0 Å². The molecule has 1 aromatic heterocycles. The van der Waals surface area contributed by atoms with Crippen molar-refractivity contribution in [2.24, 2.45) is 0 Å². The molecule has 0 spiro atoms. The highest BCUT2D eigenvalue weighted by molar-refractivity contribution is 7.13. The van der Waals surface area contributed by atoms with Gasteiger partial charge in [-0.05, 0) is 35.9 Å². The summed E-state index contributed by atoms with van der Waals surface area (Å²) in [5.41, 5.74) is 3.58. The van der Waals surface area contributed by atoms with E-state index in [0.29, 0.717) is 23.7 Å². The number of aromatic nitrogens is 1. The molecule has 1 aliphatic rings. The normalized spacial score (nSPS) is 13.7. The van der Waals surface area contributed by atoms with E-state index < -0.39 is 0 Å². The number of anilines is 1. The van der Waals surface area contributed by atoms with Gasteiger partial charge in [0.15, 0.2) is 11.5 Å². The first kappa shape index (κ1) is 22.1. The molecule has 0 radical (unpaired) electrons. The van der Waals surface area contributed by atoms with Crippen LogP contribution in [-0.4, -0.2) is 63.4 Å². The Balaban J connectivity index is 1.42. The predicted octanol–water partition coefficient (Wildman–Crippen LogP) is 3.94. The van der Waals surface area contributed by atoms with Crippen LogP contribution in [0.2, 0.25) is 0 Å². The van der Waals surface area contributed by atoms with Gasteiger partial charge in [-0.15, -0.1) is 11.3 Å². The average molecular weight is 454 g/mol. The Labute approximate surface area is 192 Å². The number of hydrogen-bond donors (Lipinski definition) is 0. The molecule has 0 unspecified atom stereocenters. The number of hydrogen-bond acceptors (Lipinski definition) is 7. The molecule has 168 valence electrons. The number of nitrogens with zero attached hydrogens (tertiary/aromatic N) is 3. The van der Waals surface area contributed by atoms with Crippen LogP contribution in [0.3, 0.4) is 0 Å². The molecule has 1 amide bonds. The third kappa shape index (κ3) is 4.87. The van der Waals surface area contributed by atoms with Crippen molar-refractivity contribution in [1.82, 2.24) is 9.88 Å². The number of thiazole rings is 1. The number of rotatable bonds is 7. The van der Waals surface area contributed by atoms with Crippen LogP contribution in [0.4, 0.5) is 5.69 Å². The molecule has 0 atom stereocenters. The fourth-order valence-corrected chi connectivity index (χ4v) is 4.44. The van der Waals surface area contributed by atoms with Crippen LogP contribution in [0.1, 0.15) is 16.1 Å². The molecule has 32 heavy (non-hydrogen) atoms. The Morgan fingerprint density at radius 3 is 2.50 bits per heavy atom. The minimum atomic E-state index is -0.106. The minimum Gasteiger partial charge on any atom is -0.493 e. The van der Waals surface area contributed by atoms with Crippen LogP contribution in [0.25, 0.3) is 10.6 Å². The summed E-state index contributed by atoms with van der Waals surface area (Å²) in [6.07, 6.45) is 0. The highest BCUT2D eigenvalue weighted by Gasteiger charge is 2.18. The zero-order chi connectivity index (χ0) is 22.5. The van der Waals surface area contributed by atoms with Gasteiger partial charge in [-0.3, -0.25) is 4.79 Å². The summed E-state index contributed by atoms with van der Waals surface area (Å²) in [7, 11) is 5.00. The van der Waals surface area contributed by atoms with E-state index in [1.807, 2.05) is 18.2 Å². The van der Waals surface area contributed by atoms with Crippen molar-refractivity contribution in [2.75, 3.05) is 52.5 Å². The Kier molecular flexibility index (Phi) is 6.92. The fraction of sp³-hybridized carbons (Fsp3) is 0.333. The van der Waals surface area contributed by atoms with Crippen molar-refractivity contribution in [3.63, 3.8) is 0 Å². The van der Waals surface area contributed by atoms with Crippen LogP contribution < -0.4 is 14.4 Å². The molecule has 2 aromatic carbocycles. The van der Waals surface area contributed by atoms with Crippen molar-refractivity contribution < 1.29 is 19.0 Å². The molecule has 1 saturated heterocycles. The minimum absolute atomic E-state index is 0.106. The van der Waals surface area contributed by atoms with Gasteiger partial charge in [0.25, 0.3) is 5.91 Å². The molecule has 1 fully saturated rings. The van der Waals surface area contributed by atoms with E-state index in [1.54, 1.807) is 31.5 Å². The standard InChI is InChI=1S/C24H27N3O4S/c1-26(15-17-4-7-19(8-5-17)27-10-12-31-13-11-27)24(28)20-16-32-23(25-20)18-6-9-21(29-2)22(14-18)30-3/h4-9,14,16H,10-13,15H2,1-3H3. The number of benzene rings is 2. The van der Waals surface area contributed by atoms with Crippen LogP contribution >= 0.6 is 11.3 Å². The molecule has 8 heteroatoms. The van der Waals surface area contributed by atoms with Crippen LogP contribution in [0.15, 0.2) is 47.8 Å². The van der Waals surface area contributed by atoms with E-state index in [0.717, 1.165) is 42.4 Å². The second-order valence-electron chi connectivity index (χ2n) is 7.53. The van der Waals surface area contributed by atoms with E-state index in [-0.39, 0.29) is 5.91 Å². The van der Waals surface area contributed by atoms with Crippen molar-refractivity contribution in [3.05, 3.63) is 59.1 Å². The lowest BCUT2D eigenvalue weighted by atomic mass is 10.1. The van der Waals surface area contributed by atoms with Gasteiger partial charge in [0.05, 0.1) is 27.4 Å². The maximum atomic E-state index is 12.9. The van der Waals surface area contributed by atoms with Crippen molar-refractivity contribution in [1.29, 1.82) is 0 Å². The SMILES string of the molecule is COc1ccc(-c2nc(C(=O)N(C)Cc3ccc(N4CCOCC4)cc3)cs2)cc1OC. The molecule has 4 rings (SSSR count). The van der Waals surface area contributed by atoms with Crippen molar-refractivity contribution in [2.45, 2.75) is 6.54 Å². The predicted molar refractivity (Wildman–Crippen MR) is 126 cm³/mol. The number of carbonyl (C=O) groups is 1. The molecule has 0 aliphatic carbocycles. The van der Waals surface area contributed by atoms with E-state index in [9.17, 15) is 4.79 Å². The number of methoxy groups -OCH3 is 2. The molecule has 7 nitrogen and oxygen atoms in total. The third-order valence-corrected chi connectivity index (χ3v) is 6.32. The lowest BCUT2D eigenvalue weighted by molar-refractivity contribution is 0.0780. The topological polar surface area (TPSA) is 64.1 Å². The quantitative estimate of drug-likeness (QED) is 0.540. The summed E-state index contributed by atoms with van der Waals surface area (Å²) in [5, 5.41) is 2.56. The highest BCUT2D eigenvalue weighted by Crippen LogP contribution is 2.33. The van der Waals surface area contributed by atoms with Gasteiger partial charge in [0, 0.05) is 43.3 Å². The van der Waals surface area contributed by atoms with Gasteiger partial charge in [0.2, 0.25) is 0 Å². The summed E-state index contributed by atoms with van der Waals surface area (Å²) in [6, 6.07) is 14.0. The Morgan fingerprint density at radius 1 is 1.09 bits per heavy atom. The summed E-state index contributed by atoms with van der Waals surface area (Å²) < 4.78 is 16.1. The van der Waals surface area contributed by atoms with Gasteiger partial charge in [-0.25, -0.2) is 4.98 Å². The Bertz CT molecular complexity index is 1060. The first-order chi connectivity index (χ1) is 15.6.